The van der Waals surface area contributed by atoms with Gasteiger partial charge in [0.05, 0.1) is 5.75 Å². The van der Waals surface area contributed by atoms with E-state index in [4.69, 9.17) is 0 Å². The predicted molar refractivity (Wildman–Crippen MR) is 65.1 cm³/mol. The fraction of sp³-hybridized carbons (Fsp3) is 0.500. The summed E-state index contributed by atoms with van der Waals surface area (Å²) in [6.45, 7) is 0.313. The van der Waals surface area contributed by atoms with Gasteiger partial charge in [0.2, 0.25) is 10.0 Å². The van der Waals surface area contributed by atoms with Crippen LogP contribution in [0.25, 0.3) is 0 Å². The van der Waals surface area contributed by atoms with Crippen LogP contribution in [-0.4, -0.2) is 44.0 Å². The number of nitrogens with zero attached hydrogens (tertiary/aromatic N) is 2. The molecule has 90 valence electrons. The van der Waals surface area contributed by atoms with Crippen molar-refractivity contribution in [3.8, 4) is 0 Å². The summed E-state index contributed by atoms with van der Waals surface area (Å²) in [6.07, 6.45) is 3.36. The highest BCUT2D eigenvalue weighted by atomic mass is 32.2. The largest absolute Gasteiger partial charge is 0.369 e. The summed E-state index contributed by atoms with van der Waals surface area (Å²) in [5.41, 5.74) is 0. The molecule has 6 nitrogen and oxygen atoms in total. The van der Waals surface area contributed by atoms with E-state index >= 15 is 0 Å². The maximum Gasteiger partial charge on any atom is 0.213 e. The highest BCUT2D eigenvalue weighted by Gasteiger charge is 2.06. The summed E-state index contributed by atoms with van der Waals surface area (Å²) >= 11 is 1.50. The Balaban J connectivity index is 2.49. The van der Waals surface area contributed by atoms with Crippen molar-refractivity contribution in [1.82, 2.24) is 14.7 Å². The van der Waals surface area contributed by atoms with Crippen molar-refractivity contribution in [1.29, 1.82) is 0 Å². The number of rotatable bonds is 6. The van der Waals surface area contributed by atoms with Crippen molar-refractivity contribution >= 4 is 27.6 Å². The molecule has 0 fully saturated rings. The van der Waals surface area contributed by atoms with Crippen LogP contribution < -0.4 is 10.0 Å². The molecule has 0 amide bonds. The van der Waals surface area contributed by atoms with Crippen molar-refractivity contribution in [3.63, 3.8) is 0 Å². The number of sulfonamides is 1. The molecule has 0 bridgehead atoms. The fourth-order valence-corrected chi connectivity index (χ4v) is 1.92. The van der Waals surface area contributed by atoms with Gasteiger partial charge < -0.3 is 5.32 Å². The fourth-order valence-electron chi connectivity index (χ4n) is 0.963. The van der Waals surface area contributed by atoms with Crippen molar-refractivity contribution in [2.24, 2.45) is 0 Å². The minimum atomic E-state index is -3.17. The Kier molecular flexibility index (Phi) is 4.97. The van der Waals surface area contributed by atoms with Gasteiger partial charge in [-0.2, -0.15) is 0 Å². The van der Waals surface area contributed by atoms with Gasteiger partial charge in [-0.15, -0.1) is 11.8 Å². The molecule has 2 N–H and O–H groups in total. The lowest BCUT2D eigenvalue weighted by molar-refractivity contribution is 0.588. The predicted octanol–water partition coefficient (Wildman–Crippen LogP) is 0.160. The number of aromatic nitrogens is 2. The zero-order chi connectivity index (χ0) is 12.0. The van der Waals surface area contributed by atoms with Gasteiger partial charge in [0.15, 0.2) is 0 Å². The highest BCUT2D eigenvalue weighted by Crippen LogP contribution is 2.13. The Morgan fingerprint density at radius 3 is 2.81 bits per heavy atom. The normalized spacial score (nSPS) is 11.4. The van der Waals surface area contributed by atoms with E-state index < -0.39 is 10.0 Å². The molecule has 0 aliphatic heterocycles. The quantitative estimate of drug-likeness (QED) is 0.561. The van der Waals surface area contributed by atoms with Gasteiger partial charge in [-0.05, 0) is 13.3 Å². The molecule has 0 radical (unpaired) electrons. The second-order valence-electron chi connectivity index (χ2n) is 2.90. The number of nitrogens with one attached hydrogen (secondary N) is 2. The lowest BCUT2D eigenvalue weighted by Gasteiger charge is -2.06. The summed E-state index contributed by atoms with van der Waals surface area (Å²) in [7, 11) is -1.77. The minimum absolute atomic E-state index is 0.0160. The van der Waals surface area contributed by atoms with Gasteiger partial charge in [0.25, 0.3) is 0 Å². The van der Waals surface area contributed by atoms with Gasteiger partial charge in [0, 0.05) is 12.6 Å². The number of thioether (sulfide) groups is 1. The van der Waals surface area contributed by atoms with Crippen LogP contribution in [-0.2, 0) is 10.0 Å². The molecular formula is C8H14N4O2S2. The Morgan fingerprint density at radius 2 is 2.19 bits per heavy atom. The van der Waals surface area contributed by atoms with Crippen LogP contribution in [0, 0.1) is 0 Å². The molecule has 0 aliphatic rings. The molecule has 0 saturated carbocycles. The third kappa shape index (κ3) is 4.33. The first-order chi connectivity index (χ1) is 7.57. The zero-order valence-corrected chi connectivity index (χ0v) is 10.7. The smallest absolute Gasteiger partial charge is 0.213 e. The van der Waals surface area contributed by atoms with Crippen LogP contribution in [0.5, 0.6) is 0 Å². The monoisotopic (exact) mass is 262 g/mol. The van der Waals surface area contributed by atoms with Crippen LogP contribution in [0.3, 0.4) is 0 Å². The zero-order valence-electron chi connectivity index (χ0n) is 9.10. The van der Waals surface area contributed by atoms with Crippen LogP contribution in [0.1, 0.15) is 0 Å². The van der Waals surface area contributed by atoms with E-state index in [0.717, 1.165) is 5.03 Å². The summed E-state index contributed by atoms with van der Waals surface area (Å²) in [6, 6.07) is 1.77. The molecule has 16 heavy (non-hydrogen) atoms. The van der Waals surface area contributed by atoms with Crippen LogP contribution in [0.2, 0.25) is 0 Å². The Bertz CT molecular complexity index is 435. The van der Waals surface area contributed by atoms with Crippen molar-refractivity contribution in [3.05, 3.63) is 12.4 Å². The molecule has 0 unspecified atom stereocenters. The van der Waals surface area contributed by atoms with Crippen molar-refractivity contribution in [2.75, 3.05) is 30.9 Å². The third-order valence-corrected chi connectivity index (χ3v) is 3.84. The van der Waals surface area contributed by atoms with E-state index in [1.165, 1.54) is 25.1 Å². The van der Waals surface area contributed by atoms with Gasteiger partial charge >= 0.3 is 0 Å². The van der Waals surface area contributed by atoms with Crippen LogP contribution >= 0.6 is 11.8 Å². The van der Waals surface area contributed by atoms with Gasteiger partial charge in [-0.1, -0.05) is 0 Å². The molecule has 0 saturated heterocycles. The first-order valence-corrected chi connectivity index (χ1v) is 7.46. The van der Waals surface area contributed by atoms with E-state index in [2.05, 4.69) is 20.0 Å². The standard InChI is InChI=1S/C8H14N4O2S2/c1-9-16(13,14)4-3-10-7-5-8(15-2)12-6-11-7/h5-6,9H,3-4H2,1-2H3,(H,10,11,12). The molecule has 8 heteroatoms. The molecule has 0 atom stereocenters. The summed E-state index contributed by atoms with van der Waals surface area (Å²) in [4.78, 5) is 7.99. The summed E-state index contributed by atoms with van der Waals surface area (Å²) in [5, 5.41) is 3.77. The topological polar surface area (TPSA) is 84.0 Å². The maximum atomic E-state index is 11.1. The van der Waals surface area contributed by atoms with E-state index in [-0.39, 0.29) is 5.75 Å². The molecule has 1 aromatic heterocycles. The second kappa shape index (κ2) is 6.02. The number of hydrogen-bond donors (Lipinski definition) is 2. The van der Waals surface area contributed by atoms with E-state index in [9.17, 15) is 8.42 Å². The van der Waals surface area contributed by atoms with E-state index in [1.807, 2.05) is 6.26 Å². The second-order valence-corrected chi connectivity index (χ2v) is 5.77. The molecule has 0 aliphatic carbocycles. The molecular weight excluding hydrogens is 248 g/mol. The lowest BCUT2D eigenvalue weighted by atomic mass is 10.5. The number of hydrogen-bond acceptors (Lipinski definition) is 6. The van der Waals surface area contributed by atoms with E-state index in [0.29, 0.717) is 12.4 Å². The average molecular weight is 262 g/mol. The molecule has 1 heterocycles. The maximum absolute atomic E-state index is 11.1. The van der Waals surface area contributed by atoms with Gasteiger partial charge in [0.1, 0.15) is 17.2 Å². The summed E-state index contributed by atoms with van der Waals surface area (Å²) in [5.74, 6) is 0.646. The average Bonchev–Trinajstić information content (AvgIpc) is 2.29. The van der Waals surface area contributed by atoms with Crippen molar-refractivity contribution < 1.29 is 8.42 Å². The molecule has 1 rings (SSSR count). The first-order valence-electron chi connectivity index (χ1n) is 4.58. The summed E-state index contributed by atoms with van der Waals surface area (Å²) < 4.78 is 24.5. The van der Waals surface area contributed by atoms with Gasteiger partial charge in [-0.3, -0.25) is 0 Å². The Hall–Kier alpha value is -0.860. The third-order valence-electron chi connectivity index (χ3n) is 1.84. The number of anilines is 1. The first kappa shape index (κ1) is 13.2. The van der Waals surface area contributed by atoms with Gasteiger partial charge in [-0.25, -0.2) is 23.1 Å². The van der Waals surface area contributed by atoms with E-state index in [1.54, 1.807) is 6.07 Å². The van der Waals surface area contributed by atoms with Crippen molar-refractivity contribution in [2.45, 2.75) is 5.03 Å². The molecule has 0 aromatic carbocycles. The highest BCUT2D eigenvalue weighted by molar-refractivity contribution is 7.98. The lowest BCUT2D eigenvalue weighted by Crippen LogP contribution is -2.26. The van der Waals surface area contributed by atoms with Crippen LogP contribution in [0.15, 0.2) is 17.4 Å². The molecule has 1 aromatic rings. The minimum Gasteiger partial charge on any atom is -0.369 e. The van der Waals surface area contributed by atoms with Crippen LogP contribution in [0.4, 0.5) is 5.82 Å². The molecule has 0 spiro atoms. The Labute approximate surface area is 99.3 Å². The Morgan fingerprint density at radius 1 is 1.44 bits per heavy atom. The SMILES string of the molecule is CNS(=O)(=O)CCNc1cc(SC)ncn1.